The van der Waals surface area contributed by atoms with Gasteiger partial charge in [0.05, 0.1) is 10.6 Å². The lowest BCUT2D eigenvalue weighted by molar-refractivity contribution is 0.439. The van der Waals surface area contributed by atoms with Crippen molar-refractivity contribution < 1.29 is 4.42 Å². The van der Waals surface area contributed by atoms with E-state index in [1.807, 2.05) is 18.2 Å². The Kier molecular flexibility index (Phi) is 6.14. The lowest BCUT2D eigenvalue weighted by Crippen LogP contribution is -2.22. The first-order chi connectivity index (χ1) is 9.66. The van der Waals surface area contributed by atoms with Crippen LogP contribution in [0.1, 0.15) is 49.8 Å². The van der Waals surface area contributed by atoms with Gasteiger partial charge >= 0.3 is 0 Å². The molecule has 0 amide bonds. The second-order valence-corrected chi connectivity index (χ2v) is 7.18. The number of halogens is 1. The van der Waals surface area contributed by atoms with Crippen molar-refractivity contribution >= 4 is 22.9 Å². The summed E-state index contributed by atoms with van der Waals surface area (Å²) in [4.78, 5) is 1.20. The Morgan fingerprint density at radius 3 is 2.70 bits per heavy atom. The van der Waals surface area contributed by atoms with Crippen molar-refractivity contribution in [3.05, 3.63) is 45.5 Å². The van der Waals surface area contributed by atoms with Crippen molar-refractivity contribution in [1.82, 2.24) is 5.32 Å². The van der Waals surface area contributed by atoms with E-state index in [1.165, 1.54) is 24.1 Å². The molecule has 4 heteroatoms. The minimum absolute atomic E-state index is 0.113. The lowest BCUT2D eigenvalue weighted by atomic mass is 10.1. The van der Waals surface area contributed by atoms with Gasteiger partial charge in [0.1, 0.15) is 11.8 Å². The Hall–Kier alpha value is -0.770. The summed E-state index contributed by atoms with van der Waals surface area (Å²) in [5, 5.41) is 3.58. The minimum atomic E-state index is 0.113. The molecule has 0 aliphatic heterocycles. The van der Waals surface area contributed by atoms with Gasteiger partial charge in [0.15, 0.2) is 0 Å². The van der Waals surface area contributed by atoms with Gasteiger partial charge in [-0.2, -0.15) is 0 Å². The summed E-state index contributed by atoms with van der Waals surface area (Å²) in [6, 6.07) is 8.07. The summed E-state index contributed by atoms with van der Waals surface area (Å²) in [6.07, 6.45) is 5.46. The maximum absolute atomic E-state index is 6.04. The van der Waals surface area contributed by atoms with Gasteiger partial charge < -0.3 is 9.73 Å². The molecule has 1 unspecified atom stereocenters. The average molecular weight is 312 g/mol. The molecule has 0 bridgehead atoms. The summed E-state index contributed by atoms with van der Waals surface area (Å²) in [5.74, 6) is 1.74. The quantitative estimate of drug-likeness (QED) is 0.651. The topological polar surface area (TPSA) is 25.2 Å². The number of nitrogens with one attached hydrogen (secondary N) is 1. The van der Waals surface area contributed by atoms with Gasteiger partial charge in [0.2, 0.25) is 0 Å². The molecule has 2 heterocycles. The molecule has 0 aliphatic rings. The fourth-order valence-electron chi connectivity index (χ4n) is 2.20. The maximum atomic E-state index is 6.04. The molecule has 0 fully saturated rings. The summed E-state index contributed by atoms with van der Waals surface area (Å²) in [6.45, 7) is 5.53. The highest BCUT2D eigenvalue weighted by Crippen LogP contribution is 2.31. The van der Waals surface area contributed by atoms with Crippen molar-refractivity contribution in [2.24, 2.45) is 5.92 Å². The number of hydrogen-bond donors (Lipinski definition) is 1. The monoisotopic (exact) mass is 311 g/mol. The van der Waals surface area contributed by atoms with Gasteiger partial charge in [0.25, 0.3) is 0 Å². The third-order valence-corrected chi connectivity index (χ3v) is 4.56. The minimum Gasteiger partial charge on any atom is -0.467 e. The molecular formula is C16H22ClNOS. The van der Waals surface area contributed by atoms with Crippen LogP contribution in [-0.4, -0.2) is 6.54 Å². The summed E-state index contributed by atoms with van der Waals surface area (Å²) in [5.41, 5.74) is 0. The number of thiophene rings is 1. The van der Waals surface area contributed by atoms with E-state index >= 15 is 0 Å². The van der Waals surface area contributed by atoms with E-state index in [4.69, 9.17) is 16.0 Å². The number of rotatable bonds is 8. The molecule has 2 rings (SSSR count). The molecule has 2 aromatic rings. The summed E-state index contributed by atoms with van der Waals surface area (Å²) >= 11 is 7.65. The van der Waals surface area contributed by atoms with Gasteiger partial charge in [-0.15, -0.1) is 11.3 Å². The number of unbranched alkanes of at least 4 members (excludes halogenated alkanes) is 1. The summed E-state index contributed by atoms with van der Waals surface area (Å²) < 4.78 is 6.37. The normalized spacial score (nSPS) is 13.0. The van der Waals surface area contributed by atoms with E-state index in [0.717, 1.165) is 22.6 Å². The number of furan rings is 1. The second kappa shape index (κ2) is 7.87. The highest BCUT2D eigenvalue weighted by Gasteiger charge is 2.17. The first kappa shape index (κ1) is 15.6. The Labute approximate surface area is 130 Å². The molecule has 2 aromatic heterocycles. The zero-order valence-electron chi connectivity index (χ0n) is 12.1. The Morgan fingerprint density at radius 2 is 2.10 bits per heavy atom. The largest absolute Gasteiger partial charge is 0.467 e. The van der Waals surface area contributed by atoms with E-state index in [1.54, 1.807) is 17.6 Å². The smallest absolute Gasteiger partial charge is 0.126 e. The first-order valence-corrected chi connectivity index (χ1v) is 8.38. The van der Waals surface area contributed by atoms with Crippen LogP contribution in [0.5, 0.6) is 0 Å². The van der Waals surface area contributed by atoms with Gasteiger partial charge in [-0.25, -0.2) is 0 Å². The lowest BCUT2D eigenvalue weighted by Gasteiger charge is -2.15. The van der Waals surface area contributed by atoms with Crippen LogP contribution >= 0.6 is 22.9 Å². The molecule has 110 valence electrons. The van der Waals surface area contributed by atoms with Gasteiger partial charge in [-0.1, -0.05) is 38.3 Å². The highest BCUT2D eigenvalue weighted by molar-refractivity contribution is 7.16. The van der Waals surface area contributed by atoms with Crippen molar-refractivity contribution in [3.8, 4) is 0 Å². The Bertz CT molecular complexity index is 492. The molecule has 0 saturated heterocycles. The van der Waals surface area contributed by atoms with Crippen LogP contribution in [0, 0.1) is 5.92 Å². The SMILES string of the molecule is CC(C)CCCCNC(c1ccco1)c1ccc(Cl)s1. The highest BCUT2D eigenvalue weighted by atomic mass is 35.5. The van der Waals surface area contributed by atoms with Crippen LogP contribution in [0.2, 0.25) is 4.34 Å². The van der Waals surface area contributed by atoms with Crippen molar-refractivity contribution in [3.63, 3.8) is 0 Å². The molecule has 0 saturated carbocycles. The summed E-state index contributed by atoms with van der Waals surface area (Å²) in [7, 11) is 0. The zero-order valence-corrected chi connectivity index (χ0v) is 13.6. The van der Waals surface area contributed by atoms with Crippen LogP contribution in [0.25, 0.3) is 0 Å². The third kappa shape index (κ3) is 4.65. The molecule has 20 heavy (non-hydrogen) atoms. The Balaban J connectivity index is 1.91. The molecule has 0 spiro atoms. The predicted molar refractivity (Wildman–Crippen MR) is 86.6 cm³/mol. The van der Waals surface area contributed by atoms with Gasteiger partial charge in [0, 0.05) is 4.88 Å². The van der Waals surface area contributed by atoms with Crippen LogP contribution in [0.3, 0.4) is 0 Å². The van der Waals surface area contributed by atoms with Gasteiger partial charge in [-0.05, 0) is 43.1 Å². The molecule has 2 nitrogen and oxygen atoms in total. The van der Waals surface area contributed by atoms with Crippen molar-refractivity contribution in [2.75, 3.05) is 6.54 Å². The van der Waals surface area contributed by atoms with E-state index in [2.05, 4.69) is 25.2 Å². The second-order valence-electron chi connectivity index (χ2n) is 5.43. The van der Waals surface area contributed by atoms with Crippen LogP contribution in [-0.2, 0) is 0 Å². The van der Waals surface area contributed by atoms with E-state index in [-0.39, 0.29) is 6.04 Å². The van der Waals surface area contributed by atoms with E-state index in [0.29, 0.717) is 0 Å². The van der Waals surface area contributed by atoms with E-state index in [9.17, 15) is 0 Å². The van der Waals surface area contributed by atoms with Gasteiger partial charge in [-0.3, -0.25) is 0 Å². The Morgan fingerprint density at radius 1 is 1.25 bits per heavy atom. The van der Waals surface area contributed by atoms with Crippen LogP contribution in [0.4, 0.5) is 0 Å². The molecule has 0 aliphatic carbocycles. The van der Waals surface area contributed by atoms with Crippen molar-refractivity contribution in [1.29, 1.82) is 0 Å². The molecule has 1 atom stereocenters. The third-order valence-electron chi connectivity index (χ3n) is 3.26. The number of hydrogen-bond acceptors (Lipinski definition) is 3. The standard InChI is InChI=1S/C16H22ClNOS/c1-12(2)6-3-4-10-18-16(13-7-5-11-19-13)14-8-9-15(17)20-14/h5,7-9,11-12,16,18H,3-4,6,10H2,1-2H3. The van der Waals surface area contributed by atoms with E-state index < -0.39 is 0 Å². The van der Waals surface area contributed by atoms with Crippen LogP contribution < -0.4 is 5.32 Å². The molecule has 0 aromatic carbocycles. The van der Waals surface area contributed by atoms with Crippen molar-refractivity contribution in [2.45, 2.75) is 39.2 Å². The zero-order chi connectivity index (χ0) is 14.4. The fraction of sp³-hybridized carbons (Fsp3) is 0.500. The van der Waals surface area contributed by atoms with Crippen LogP contribution in [0.15, 0.2) is 34.9 Å². The molecule has 0 radical (unpaired) electrons. The molecular weight excluding hydrogens is 290 g/mol. The maximum Gasteiger partial charge on any atom is 0.126 e. The fourth-order valence-corrected chi connectivity index (χ4v) is 3.35. The predicted octanol–water partition coefficient (Wildman–Crippen LogP) is 5.50. The average Bonchev–Trinajstić information content (AvgIpc) is 3.05. The molecule has 1 N–H and O–H groups in total. The first-order valence-electron chi connectivity index (χ1n) is 7.19.